The molecule has 116 valence electrons. The monoisotopic (exact) mass is 306 g/mol. The van der Waals surface area contributed by atoms with Crippen LogP contribution in [0.15, 0.2) is 48.2 Å². The van der Waals surface area contributed by atoms with Crippen molar-refractivity contribution in [2.24, 2.45) is 0 Å². The van der Waals surface area contributed by atoms with Gasteiger partial charge in [-0.05, 0) is 59.9 Å². The molecule has 0 amide bonds. The van der Waals surface area contributed by atoms with Crippen molar-refractivity contribution in [1.29, 1.82) is 5.26 Å². The Morgan fingerprint density at radius 3 is 2.35 bits per heavy atom. The molecule has 0 heterocycles. The Hall–Kier alpha value is -2.86. The van der Waals surface area contributed by atoms with Crippen LogP contribution in [0.25, 0.3) is 17.7 Å². The van der Waals surface area contributed by atoms with Crippen LogP contribution in [-0.2, 0) is 0 Å². The van der Waals surface area contributed by atoms with E-state index < -0.39 is 0 Å². The highest BCUT2D eigenvalue weighted by atomic mass is 19.1. The summed E-state index contributed by atoms with van der Waals surface area (Å²) in [4.78, 5) is 0. The van der Waals surface area contributed by atoms with Crippen LogP contribution in [0, 0.1) is 24.1 Å². The summed E-state index contributed by atoms with van der Waals surface area (Å²) in [5, 5.41) is 12.1. The average Bonchev–Trinajstić information content (AvgIpc) is 2.55. The van der Waals surface area contributed by atoms with Crippen LogP contribution >= 0.6 is 0 Å². The fourth-order valence-corrected chi connectivity index (χ4v) is 2.36. The van der Waals surface area contributed by atoms with E-state index in [0.717, 1.165) is 27.8 Å². The minimum absolute atomic E-state index is 0.239. The molecule has 0 radical (unpaired) electrons. The zero-order valence-electron chi connectivity index (χ0n) is 13.5. The third-order valence-corrected chi connectivity index (χ3v) is 3.61. The summed E-state index contributed by atoms with van der Waals surface area (Å²) >= 11 is 0. The van der Waals surface area contributed by atoms with E-state index in [0.29, 0.717) is 5.70 Å². The number of allylic oxidation sites excluding steroid dienone is 2. The van der Waals surface area contributed by atoms with Crippen LogP contribution in [0.4, 0.5) is 4.39 Å². The van der Waals surface area contributed by atoms with Gasteiger partial charge in [0.15, 0.2) is 0 Å². The predicted molar refractivity (Wildman–Crippen MR) is 93.8 cm³/mol. The first-order valence-corrected chi connectivity index (χ1v) is 7.38. The molecule has 23 heavy (non-hydrogen) atoms. The van der Waals surface area contributed by atoms with Crippen molar-refractivity contribution in [3.05, 3.63) is 76.2 Å². The van der Waals surface area contributed by atoms with E-state index >= 15 is 0 Å². The quantitative estimate of drug-likeness (QED) is 0.652. The second kappa shape index (κ2) is 7.42. The maximum Gasteiger partial charge on any atom is 0.123 e. The molecule has 2 aromatic rings. The summed E-state index contributed by atoms with van der Waals surface area (Å²) in [6, 6.07) is 14.7. The number of hydrogen-bond acceptors (Lipinski definition) is 2. The molecule has 0 atom stereocenters. The van der Waals surface area contributed by atoms with E-state index in [1.165, 1.54) is 12.1 Å². The third kappa shape index (κ3) is 4.31. The van der Waals surface area contributed by atoms with Crippen molar-refractivity contribution in [1.82, 2.24) is 5.32 Å². The number of rotatable bonds is 4. The number of aryl methyl sites for hydroxylation is 1. The van der Waals surface area contributed by atoms with Gasteiger partial charge in [0.05, 0.1) is 0 Å². The number of benzene rings is 2. The molecule has 1 N–H and O–H groups in total. The summed E-state index contributed by atoms with van der Waals surface area (Å²) in [6.45, 7) is 3.95. The van der Waals surface area contributed by atoms with Gasteiger partial charge in [0.25, 0.3) is 0 Å². The molecule has 0 bridgehead atoms. The lowest BCUT2D eigenvalue weighted by atomic mass is 9.99. The van der Waals surface area contributed by atoms with Crippen LogP contribution in [0.3, 0.4) is 0 Å². The Morgan fingerprint density at radius 1 is 1.09 bits per heavy atom. The first kappa shape index (κ1) is 16.5. The predicted octanol–water partition coefficient (Wildman–Crippen LogP) is 4.78. The minimum Gasteiger partial charge on any atom is -0.379 e. The zero-order valence-corrected chi connectivity index (χ0v) is 13.5. The molecular formula is C20H19FN2. The van der Waals surface area contributed by atoms with Crippen molar-refractivity contribution in [3.63, 3.8) is 0 Å². The van der Waals surface area contributed by atoms with E-state index in [2.05, 4.69) is 23.5 Å². The Labute approximate surface area is 136 Å². The maximum absolute atomic E-state index is 12.9. The average molecular weight is 306 g/mol. The van der Waals surface area contributed by atoms with Crippen LogP contribution in [0.5, 0.6) is 0 Å². The smallest absolute Gasteiger partial charge is 0.123 e. The molecule has 0 fully saturated rings. The summed E-state index contributed by atoms with van der Waals surface area (Å²) in [5.41, 5.74) is 5.58. The van der Waals surface area contributed by atoms with Crippen LogP contribution in [0.2, 0.25) is 0 Å². The lowest BCUT2D eigenvalue weighted by Crippen LogP contribution is -2.05. The molecular weight excluding hydrogens is 287 g/mol. The highest BCUT2D eigenvalue weighted by Gasteiger charge is 2.04. The molecule has 0 saturated carbocycles. The maximum atomic E-state index is 12.9. The van der Waals surface area contributed by atoms with Gasteiger partial charge in [0.2, 0.25) is 0 Å². The second-order valence-corrected chi connectivity index (χ2v) is 5.38. The molecule has 0 saturated heterocycles. The number of nitrogens with zero attached hydrogens (tertiary/aromatic N) is 1. The highest BCUT2D eigenvalue weighted by Crippen LogP contribution is 2.21. The van der Waals surface area contributed by atoms with E-state index in [1.54, 1.807) is 19.2 Å². The lowest BCUT2D eigenvalue weighted by Gasteiger charge is -2.08. The summed E-state index contributed by atoms with van der Waals surface area (Å²) in [6.07, 6.45) is 3.93. The minimum atomic E-state index is -0.239. The van der Waals surface area contributed by atoms with Gasteiger partial charge in [-0.25, -0.2) is 4.39 Å². The lowest BCUT2D eigenvalue weighted by molar-refractivity contribution is 0.628. The number of hydrogen-bond donors (Lipinski definition) is 1. The highest BCUT2D eigenvalue weighted by molar-refractivity contribution is 5.75. The molecule has 0 aromatic heterocycles. The van der Waals surface area contributed by atoms with Gasteiger partial charge in [-0.1, -0.05) is 36.4 Å². The van der Waals surface area contributed by atoms with Crippen molar-refractivity contribution in [2.45, 2.75) is 13.8 Å². The molecule has 2 aromatic carbocycles. The van der Waals surface area contributed by atoms with Gasteiger partial charge in [-0.15, -0.1) is 0 Å². The van der Waals surface area contributed by atoms with Crippen molar-refractivity contribution in [3.8, 4) is 6.07 Å². The zero-order chi connectivity index (χ0) is 16.8. The number of nitriles is 1. The van der Waals surface area contributed by atoms with Gasteiger partial charge in [-0.3, -0.25) is 0 Å². The third-order valence-electron chi connectivity index (χ3n) is 3.61. The standard InChI is InChI=1S/C20H19FN2/c1-14-10-17(5-4-16-6-8-19(21)9-7-16)12-18(11-14)15(2)20(13-22)23-3/h4-12,23H,1-3H3/b5-4+,20-15+. The normalized spacial score (nSPS) is 12.0. The summed E-state index contributed by atoms with van der Waals surface area (Å²) < 4.78 is 12.9. The summed E-state index contributed by atoms with van der Waals surface area (Å²) in [5.74, 6) is -0.239. The Bertz CT molecular complexity index is 793. The molecule has 0 aliphatic carbocycles. The van der Waals surface area contributed by atoms with E-state index in [9.17, 15) is 4.39 Å². The van der Waals surface area contributed by atoms with Crippen molar-refractivity contribution < 1.29 is 4.39 Å². The fraction of sp³-hybridized carbons (Fsp3) is 0.150. The van der Waals surface area contributed by atoms with Crippen LogP contribution in [0.1, 0.15) is 29.2 Å². The van der Waals surface area contributed by atoms with Gasteiger partial charge in [0, 0.05) is 7.05 Å². The molecule has 3 heteroatoms. The topological polar surface area (TPSA) is 35.8 Å². The van der Waals surface area contributed by atoms with E-state index in [1.807, 2.05) is 32.1 Å². The Kier molecular flexibility index (Phi) is 5.32. The molecule has 0 spiro atoms. The molecule has 0 unspecified atom stereocenters. The van der Waals surface area contributed by atoms with E-state index in [-0.39, 0.29) is 5.82 Å². The largest absolute Gasteiger partial charge is 0.379 e. The molecule has 0 aliphatic rings. The van der Waals surface area contributed by atoms with Gasteiger partial charge in [-0.2, -0.15) is 5.26 Å². The van der Waals surface area contributed by atoms with Crippen molar-refractivity contribution in [2.75, 3.05) is 7.05 Å². The first-order valence-electron chi connectivity index (χ1n) is 7.38. The van der Waals surface area contributed by atoms with Crippen LogP contribution in [-0.4, -0.2) is 7.05 Å². The van der Waals surface area contributed by atoms with Gasteiger partial charge in [0.1, 0.15) is 17.6 Å². The number of halogens is 1. The molecule has 2 rings (SSSR count). The van der Waals surface area contributed by atoms with Crippen molar-refractivity contribution >= 4 is 17.7 Å². The first-order chi connectivity index (χ1) is 11.0. The molecule has 0 aliphatic heterocycles. The van der Waals surface area contributed by atoms with Gasteiger partial charge >= 0.3 is 0 Å². The van der Waals surface area contributed by atoms with E-state index in [4.69, 9.17) is 5.26 Å². The molecule has 2 nitrogen and oxygen atoms in total. The summed E-state index contributed by atoms with van der Waals surface area (Å²) in [7, 11) is 1.74. The van der Waals surface area contributed by atoms with Gasteiger partial charge < -0.3 is 5.32 Å². The Balaban J connectivity index is 2.36. The fourth-order valence-electron chi connectivity index (χ4n) is 2.36. The second-order valence-electron chi connectivity index (χ2n) is 5.38. The Morgan fingerprint density at radius 2 is 1.74 bits per heavy atom. The SMILES string of the molecule is CN/C(C#N)=C(\C)c1cc(C)cc(/C=C/c2ccc(F)cc2)c1. The van der Waals surface area contributed by atoms with Crippen LogP contribution < -0.4 is 5.32 Å². The number of nitrogens with one attached hydrogen (secondary N) is 1.